The van der Waals surface area contributed by atoms with E-state index in [1.807, 2.05) is 6.07 Å². The Morgan fingerprint density at radius 3 is 2.38 bits per heavy atom. The minimum Gasteiger partial charge on any atom is -0.465 e. The maximum Gasteiger partial charge on any atom is 0.325 e. The average molecular weight is 374 g/mol. The van der Waals surface area contributed by atoms with E-state index in [1.54, 1.807) is 31.2 Å². The lowest BCUT2D eigenvalue weighted by molar-refractivity contribution is -0.384. The van der Waals surface area contributed by atoms with E-state index in [0.717, 1.165) is 9.79 Å². The zero-order valence-electron chi connectivity index (χ0n) is 14.4. The third-order valence-corrected chi connectivity index (χ3v) is 4.38. The van der Waals surface area contributed by atoms with Crippen LogP contribution in [0.5, 0.6) is 0 Å². The molecule has 7 nitrogen and oxygen atoms in total. The van der Waals surface area contributed by atoms with Gasteiger partial charge in [0, 0.05) is 33.2 Å². The lowest BCUT2D eigenvalue weighted by atomic mass is 10.1. The highest BCUT2D eigenvalue weighted by Crippen LogP contribution is 2.31. The number of hydrogen-bond acceptors (Lipinski definition) is 7. The van der Waals surface area contributed by atoms with E-state index in [-0.39, 0.29) is 18.0 Å². The summed E-state index contributed by atoms with van der Waals surface area (Å²) in [6, 6.07) is 11.4. The minimum atomic E-state index is -0.452. The quantitative estimate of drug-likeness (QED) is 0.323. The normalized spacial score (nSPS) is 10.2. The molecule has 0 radical (unpaired) electrons. The molecule has 0 saturated heterocycles. The molecule has 0 spiro atoms. The van der Waals surface area contributed by atoms with Crippen LogP contribution >= 0.6 is 11.8 Å². The van der Waals surface area contributed by atoms with Crippen molar-refractivity contribution in [2.24, 2.45) is 0 Å². The fourth-order valence-corrected chi connectivity index (χ4v) is 3.04. The molecule has 0 aliphatic carbocycles. The summed E-state index contributed by atoms with van der Waals surface area (Å²) in [4.78, 5) is 35.3. The SMILES string of the molecule is CCOC(=O)CNc1ccc(Sc2ccc([N+](=O)[O-])cc2)cc1C(C)=O. The number of nitrogens with one attached hydrogen (secondary N) is 1. The number of benzene rings is 2. The molecule has 0 saturated carbocycles. The number of anilines is 1. The van der Waals surface area contributed by atoms with Crippen LogP contribution in [-0.2, 0) is 9.53 Å². The molecule has 0 atom stereocenters. The van der Waals surface area contributed by atoms with Gasteiger partial charge in [-0.15, -0.1) is 0 Å². The van der Waals surface area contributed by atoms with Crippen LogP contribution in [0.25, 0.3) is 0 Å². The molecule has 0 heterocycles. The Kier molecular flexibility index (Phi) is 6.74. The second kappa shape index (κ2) is 9.00. The zero-order chi connectivity index (χ0) is 19.1. The van der Waals surface area contributed by atoms with Gasteiger partial charge in [0.2, 0.25) is 0 Å². The summed E-state index contributed by atoms with van der Waals surface area (Å²) in [7, 11) is 0. The first-order valence-corrected chi connectivity index (χ1v) is 8.69. The highest BCUT2D eigenvalue weighted by Gasteiger charge is 2.11. The molecule has 0 amide bonds. The Hall–Kier alpha value is -2.87. The summed E-state index contributed by atoms with van der Waals surface area (Å²) < 4.78 is 4.85. The first kappa shape index (κ1) is 19.5. The molecule has 0 aliphatic rings. The predicted octanol–water partition coefficient (Wildman–Crippen LogP) is 3.92. The van der Waals surface area contributed by atoms with Crippen LogP contribution in [0.4, 0.5) is 11.4 Å². The van der Waals surface area contributed by atoms with Crippen molar-refractivity contribution >= 4 is 34.9 Å². The molecule has 0 aliphatic heterocycles. The first-order valence-electron chi connectivity index (χ1n) is 7.87. The Morgan fingerprint density at radius 2 is 1.81 bits per heavy atom. The lowest BCUT2D eigenvalue weighted by Gasteiger charge is -2.11. The van der Waals surface area contributed by atoms with Gasteiger partial charge in [-0.05, 0) is 44.2 Å². The summed E-state index contributed by atoms with van der Waals surface area (Å²) >= 11 is 1.39. The van der Waals surface area contributed by atoms with Crippen molar-refractivity contribution < 1.29 is 19.2 Å². The molecule has 26 heavy (non-hydrogen) atoms. The van der Waals surface area contributed by atoms with Gasteiger partial charge >= 0.3 is 5.97 Å². The standard InChI is InChI=1S/C18H18N2O5S/c1-3-25-18(22)11-19-17-9-8-15(10-16(17)12(2)21)26-14-6-4-13(5-7-14)20(23)24/h4-10,19H,3,11H2,1-2H3. The summed E-state index contributed by atoms with van der Waals surface area (Å²) in [6.45, 7) is 3.45. The maximum atomic E-state index is 11.9. The van der Waals surface area contributed by atoms with E-state index >= 15 is 0 Å². The number of Topliss-reactive ketones (excluding diaryl/α,β-unsaturated/α-hetero) is 1. The Bertz CT molecular complexity index is 821. The number of non-ortho nitro benzene ring substituents is 1. The number of nitro benzene ring substituents is 1. The number of ketones is 1. The van der Waals surface area contributed by atoms with Gasteiger partial charge in [-0.3, -0.25) is 19.7 Å². The number of carbonyl (C=O) groups is 2. The number of hydrogen-bond donors (Lipinski definition) is 1. The van der Waals surface area contributed by atoms with Crippen molar-refractivity contribution in [1.82, 2.24) is 0 Å². The van der Waals surface area contributed by atoms with Gasteiger partial charge in [-0.2, -0.15) is 0 Å². The average Bonchev–Trinajstić information content (AvgIpc) is 2.61. The number of carbonyl (C=O) groups excluding carboxylic acids is 2. The zero-order valence-corrected chi connectivity index (χ0v) is 15.2. The van der Waals surface area contributed by atoms with Gasteiger partial charge in [0.25, 0.3) is 5.69 Å². The fourth-order valence-electron chi connectivity index (χ4n) is 2.18. The Balaban J connectivity index is 2.15. The smallest absolute Gasteiger partial charge is 0.325 e. The van der Waals surface area contributed by atoms with Gasteiger partial charge in [0.15, 0.2) is 5.78 Å². The monoisotopic (exact) mass is 374 g/mol. The molecular formula is C18H18N2O5S. The molecule has 0 unspecified atom stereocenters. The van der Waals surface area contributed by atoms with Gasteiger partial charge < -0.3 is 10.1 Å². The van der Waals surface area contributed by atoms with Crippen LogP contribution in [0.15, 0.2) is 52.3 Å². The fraction of sp³-hybridized carbons (Fsp3) is 0.222. The van der Waals surface area contributed by atoms with Crippen molar-refractivity contribution in [2.45, 2.75) is 23.6 Å². The molecule has 0 aromatic heterocycles. The van der Waals surface area contributed by atoms with E-state index in [0.29, 0.717) is 17.9 Å². The van der Waals surface area contributed by atoms with E-state index in [4.69, 9.17) is 4.74 Å². The van der Waals surface area contributed by atoms with Crippen molar-refractivity contribution in [2.75, 3.05) is 18.5 Å². The molecule has 1 N–H and O–H groups in total. The molecular weight excluding hydrogens is 356 g/mol. The number of nitrogens with zero attached hydrogens (tertiary/aromatic N) is 1. The largest absolute Gasteiger partial charge is 0.465 e. The lowest BCUT2D eigenvalue weighted by Crippen LogP contribution is -2.18. The van der Waals surface area contributed by atoms with Gasteiger partial charge in [0.05, 0.1) is 11.5 Å². The summed E-state index contributed by atoms with van der Waals surface area (Å²) in [6.07, 6.45) is 0. The van der Waals surface area contributed by atoms with E-state index < -0.39 is 10.9 Å². The highest BCUT2D eigenvalue weighted by molar-refractivity contribution is 7.99. The second-order valence-corrected chi connectivity index (χ2v) is 6.42. The highest BCUT2D eigenvalue weighted by atomic mass is 32.2. The summed E-state index contributed by atoms with van der Waals surface area (Å²) in [5.41, 5.74) is 1.04. The topological polar surface area (TPSA) is 98.5 Å². The van der Waals surface area contributed by atoms with Crippen LogP contribution in [-0.4, -0.2) is 29.8 Å². The molecule has 2 aromatic rings. The summed E-state index contributed by atoms with van der Waals surface area (Å²) in [5.74, 6) is -0.533. The van der Waals surface area contributed by atoms with Gasteiger partial charge in [-0.1, -0.05) is 11.8 Å². The predicted molar refractivity (Wildman–Crippen MR) is 98.8 cm³/mol. The third-order valence-electron chi connectivity index (χ3n) is 3.38. The van der Waals surface area contributed by atoms with Crippen LogP contribution < -0.4 is 5.32 Å². The van der Waals surface area contributed by atoms with Gasteiger partial charge in [-0.25, -0.2) is 0 Å². The molecule has 8 heteroatoms. The van der Waals surface area contributed by atoms with E-state index in [2.05, 4.69) is 5.32 Å². The van der Waals surface area contributed by atoms with Crippen molar-refractivity contribution in [3.63, 3.8) is 0 Å². The van der Waals surface area contributed by atoms with Crippen molar-refractivity contribution in [1.29, 1.82) is 0 Å². The molecule has 0 fully saturated rings. The Morgan fingerprint density at radius 1 is 1.15 bits per heavy atom. The van der Waals surface area contributed by atoms with E-state index in [1.165, 1.54) is 30.8 Å². The maximum absolute atomic E-state index is 11.9. The number of esters is 1. The Labute approximate surface area is 154 Å². The minimum absolute atomic E-state index is 0.0248. The molecule has 2 rings (SSSR count). The third kappa shape index (κ3) is 5.32. The van der Waals surface area contributed by atoms with Crippen LogP contribution in [0, 0.1) is 10.1 Å². The second-order valence-electron chi connectivity index (χ2n) is 5.28. The number of nitro groups is 1. The van der Waals surface area contributed by atoms with Crippen molar-refractivity contribution in [3.05, 3.63) is 58.1 Å². The first-order chi connectivity index (χ1) is 12.4. The van der Waals surface area contributed by atoms with E-state index in [9.17, 15) is 19.7 Å². The number of rotatable bonds is 8. The van der Waals surface area contributed by atoms with Crippen molar-refractivity contribution in [3.8, 4) is 0 Å². The number of ether oxygens (including phenoxy) is 1. The summed E-state index contributed by atoms with van der Waals surface area (Å²) in [5, 5.41) is 13.6. The van der Waals surface area contributed by atoms with Crippen LogP contribution in [0.3, 0.4) is 0 Å². The molecule has 0 bridgehead atoms. The molecule has 136 valence electrons. The molecule has 2 aromatic carbocycles. The van der Waals surface area contributed by atoms with Crippen LogP contribution in [0.2, 0.25) is 0 Å². The van der Waals surface area contributed by atoms with Crippen LogP contribution in [0.1, 0.15) is 24.2 Å². The van der Waals surface area contributed by atoms with Gasteiger partial charge in [0.1, 0.15) is 6.54 Å².